The number of halogens is 1. The van der Waals surface area contributed by atoms with E-state index in [0.717, 1.165) is 0 Å². The number of nitrogens with zero attached hydrogens (tertiary/aromatic N) is 2. The Morgan fingerprint density at radius 3 is 2.68 bits per heavy atom. The number of rotatable bonds is 4. The summed E-state index contributed by atoms with van der Waals surface area (Å²) < 4.78 is 18.5. The molecule has 1 atom stereocenters. The number of fused-ring (bicyclic) bond motifs is 1. The molecule has 0 aliphatic heterocycles. The van der Waals surface area contributed by atoms with Crippen LogP contribution in [0.3, 0.4) is 0 Å². The summed E-state index contributed by atoms with van der Waals surface area (Å²) in [5.74, 6) is -0.718. The van der Waals surface area contributed by atoms with Gasteiger partial charge in [0.05, 0.1) is 10.9 Å². The van der Waals surface area contributed by atoms with E-state index in [1.54, 1.807) is 48.7 Å². The van der Waals surface area contributed by atoms with Gasteiger partial charge in [-0.05, 0) is 43.3 Å². The van der Waals surface area contributed by atoms with E-state index >= 15 is 0 Å². The van der Waals surface area contributed by atoms with Crippen molar-refractivity contribution in [2.24, 2.45) is 0 Å². The van der Waals surface area contributed by atoms with Gasteiger partial charge in [0.1, 0.15) is 10.8 Å². The molecule has 0 bridgehead atoms. The number of hydrogen-bond donors (Lipinski definition) is 1. The van der Waals surface area contributed by atoms with Gasteiger partial charge in [0, 0.05) is 10.9 Å². The van der Waals surface area contributed by atoms with Crippen molar-refractivity contribution in [2.75, 3.05) is 0 Å². The van der Waals surface area contributed by atoms with Crippen molar-refractivity contribution in [1.82, 2.24) is 15.0 Å². The molecule has 140 valence electrons. The molecule has 4 rings (SSSR count). The van der Waals surface area contributed by atoms with Crippen LogP contribution in [0.4, 0.5) is 4.39 Å². The second kappa shape index (κ2) is 7.32. The SMILES string of the molecule is C[C@H](OC(=O)c1csc(-c2ccc(F)cc2)n1)c1nc2ccccc2c(=O)[nH]1. The molecule has 0 saturated carbocycles. The number of hydrogen-bond acceptors (Lipinski definition) is 6. The van der Waals surface area contributed by atoms with Gasteiger partial charge in [0.2, 0.25) is 0 Å². The number of thiazole rings is 1. The number of carbonyl (C=O) groups excluding carboxylic acids is 1. The third-order valence-corrected chi connectivity index (χ3v) is 5.00. The average Bonchev–Trinajstić information content (AvgIpc) is 3.19. The van der Waals surface area contributed by atoms with Crippen LogP contribution in [0.1, 0.15) is 29.3 Å². The van der Waals surface area contributed by atoms with E-state index in [9.17, 15) is 14.0 Å². The second-order valence-electron chi connectivity index (χ2n) is 6.06. The van der Waals surface area contributed by atoms with Gasteiger partial charge in [-0.3, -0.25) is 4.79 Å². The van der Waals surface area contributed by atoms with Crippen LogP contribution in [-0.4, -0.2) is 20.9 Å². The summed E-state index contributed by atoms with van der Waals surface area (Å²) in [6, 6.07) is 12.8. The van der Waals surface area contributed by atoms with E-state index in [4.69, 9.17) is 4.74 Å². The monoisotopic (exact) mass is 395 g/mol. The van der Waals surface area contributed by atoms with Crippen LogP contribution in [0.2, 0.25) is 0 Å². The van der Waals surface area contributed by atoms with Gasteiger partial charge in [-0.25, -0.2) is 19.2 Å². The topological polar surface area (TPSA) is 84.9 Å². The van der Waals surface area contributed by atoms with Crippen molar-refractivity contribution in [3.05, 3.63) is 81.6 Å². The van der Waals surface area contributed by atoms with Crippen LogP contribution >= 0.6 is 11.3 Å². The zero-order chi connectivity index (χ0) is 19.7. The number of ether oxygens (including phenoxy) is 1. The lowest BCUT2D eigenvalue weighted by Gasteiger charge is -2.12. The van der Waals surface area contributed by atoms with Crippen molar-refractivity contribution in [3.8, 4) is 10.6 Å². The number of H-pyrrole nitrogens is 1. The maximum absolute atomic E-state index is 13.0. The molecule has 2 aromatic heterocycles. The Bertz CT molecular complexity index is 1220. The molecule has 4 aromatic rings. The molecule has 0 saturated heterocycles. The van der Waals surface area contributed by atoms with E-state index in [2.05, 4.69) is 15.0 Å². The molecule has 0 fully saturated rings. The van der Waals surface area contributed by atoms with Gasteiger partial charge in [-0.2, -0.15) is 0 Å². The number of nitrogens with one attached hydrogen (secondary N) is 1. The largest absolute Gasteiger partial charge is 0.450 e. The summed E-state index contributed by atoms with van der Waals surface area (Å²) in [6.07, 6.45) is -0.763. The van der Waals surface area contributed by atoms with Crippen LogP contribution in [-0.2, 0) is 4.74 Å². The van der Waals surface area contributed by atoms with Gasteiger partial charge in [-0.1, -0.05) is 12.1 Å². The average molecular weight is 395 g/mol. The fourth-order valence-electron chi connectivity index (χ4n) is 2.67. The van der Waals surface area contributed by atoms with Gasteiger partial charge >= 0.3 is 5.97 Å². The molecule has 28 heavy (non-hydrogen) atoms. The van der Waals surface area contributed by atoms with E-state index in [1.807, 2.05) is 0 Å². The number of para-hydroxylation sites is 1. The number of aromatic amines is 1. The first kappa shape index (κ1) is 18.0. The van der Waals surface area contributed by atoms with E-state index < -0.39 is 12.1 Å². The Balaban J connectivity index is 1.54. The molecule has 6 nitrogen and oxygen atoms in total. The minimum atomic E-state index is -0.763. The number of benzene rings is 2. The van der Waals surface area contributed by atoms with Gasteiger partial charge < -0.3 is 9.72 Å². The molecule has 0 unspecified atom stereocenters. The van der Waals surface area contributed by atoms with Crippen LogP contribution in [0.5, 0.6) is 0 Å². The van der Waals surface area contributed by atoms with E-state index in [-0.39, 0.29) is 22.9 Å². The second-order valence-corrected chi connectivity index (χ2v) is 6.92. The van der Waals surface area contributed by atoms with Crippen LogP contribution in [0, 0.1) is 5.82 Å². The van der Waals surface area contributed by atoms with E-state index in [1.165, 1.54) is 23.5 Å². The van der Waals surface area contributed by atoms with Crippen molar-refractivity contribution < 1.29 is 13.9 Å². The predicted molar refractivity (Wildman–Crippen MR) is 104 cm³/mol. The fourth-order valence-corrected chi connectivity index (χ4v) is 3.46. The fraction of sp³-hybridized carbons (Fsp3) is 0.100. The highest BCUT2D eigenvalue weighted by Crippen LogP contribution is 2.25. The Labute approximate surface area is 162 Å². The predicted octanol–water partition coefficient (Wildman–Crippen LogP) is 4.10. The summed E-state index contributed by atoms with van der Waals surface area (Å²) >= 11 is 1.26. The van der Waals surface area contributed by atoms with Crippen LogP contribution < -0.4 is 5.56 Å². The number of esters is 1. The third kappa shape index (κ3) is 3.54. The van der Waals surface area contributed by atoms with Crippen molar-refractivity contribution in [3.63, 3.8) is 0 Å². The first-order chi connectivity index (χ1) is 13.5. The van der Waals surface area contributed by atoms with Crippen molar-refractivity contribution >= 4 is 28.2 Å². The maximum atomic E-state index is 13.0. The summed E-state index contributed by atoms with van der Waals surface area (Å²) in [7, 11) is 0. The van der Waals surface area contributed by atoms with E-state index in [0.29, 0.717) is 21.5 Å². The van der Waals surface area contributed by atoms with Gasteiger partial charge in [0.25, 0.3) is 5.56 Å². The summed E-state index contributed by atoms with van der Waals surface area (Å²) in [4.78, 5) is 35.8. The van der Waals surface area contributed by atoms with Crippen molar-refractivity contribution in [2.45, 2.75) is 13.0 Å². The first-order valence-electron chi connectivity index (χ1n) is 8.42. The lowest BCUT2D eigenvalue weighted by Crippen LogP contribution is -2.17. The Morgan fingerprint density at radius 2 is 1.89 bits per heavy atom. The first-order valence-corrected chi connectivity index (χ1v) is 9.30. The maximum Gasteiger partial charge on any atom is 0.358 e. The van der Waals surface area contributed by atoms with Crippen molar-refractivity contribution in [1.29, 1.82) is 0 Å². The molecule has 8 heteroatoms. The zero-order valence-corrected chi connectivity index (χ0v) is 15.5. The molecule has 0 amide bonds. The third-order valence-electron chi connectivity index (χ3n) is 4.10. The van der Waals surface area contributed by atoms with Crippen LogP contribution in [0.25, 0.3) is 21.5 Å². The highest BCUT2D eigenvalue weighted by atomic mass is 32.1. The molecular weight excluding hydrogens is 381 g/mol. The standard InChI is InChI=1S/C20H14FN3O3S/c1-11(17-22-15-5-3-2-4-14(15)18(25)24-17)27-20(26)16-10-28-19(23-16)12-6-8-13(21)9-7-12/h2-11H,1H3,(H,22,24,25)/t11-/m0/s1. The van der Waals surface area contributed by atoms with Crippen LogP contribution in [0.15, 0.2) is 58.7 Å². The molecule has 0 aliphatic rings. The zero-order valence-electron chi connectivity index (χ0n) is 14.7. The lowest BCUT2D eigenvalue weighted by molar-refractivity contribution is 0.0314. The Kier molecular flexibility index (Phi) is 4.70. The minimum absolute atomic E-state index is 0.138. The quantitative estimate of drug-likeness (QED) is 0.526. The van der Waals surface area contributed by atoms with Gasteiger partial charge in [0.15, 0.2) is 17.6 Å². The Hall–Kier alpha value is -3.39. The normalized spacial score (nSPS) is 12.1. The smallest absolute Gasteiger partial charge is 0.358 e. The highest BCUT2D eigenvalue weighted by molar-refractivity contribution is 7.13. The minimum Gasteiger partial charge on any atom is -0.450 e. The summed E-state index contributed by atoms with van der Waals surface area (Å²) in [6.45, 7) is 1.62. The van der Waals surface area contributed by atoms with Gasteiger partial charge in [-0.15, -0.1) is 11.3 Å². The summed E-state index contributed by atoms with van der Waals surface area (Å²) in [5.41, 5.74) is 1.07. The Morgan fingerprint density at radius 1 is 1.14 bits per heavy atom. The molecule has 2 heterocycles. The lowest BCUT2D eigenvalue weighted by atomic mass is 10.2. The number of carbonyl (C=O) groups is 1. The molecule has 0 spiro atoms. The molecule has 1 N–H and O–H groups in total. The molecule has 2 aromatic carbocycles. The molecule has 0 aliphatic carbocycles. The highest BCUT2D eigenvalue weighted by Gasteiger charge is 2.19. The molecular formula is C20H14FN3O3S. The number of aromatic nitrogens is 3. The molecule has 0 radical (unpaired) electrons. The summed E-state index contributed by atoms with van der Waals surface area (Å²) in [5, 5.41) is 2.62.